The van der Waals surface area contributed by atoms with E-state index in [-0.39, 0.29) is 27.9 Å². The van der Waals surface area contributed by atoms with Crippen molar-refractivity contribution in [2.24, 2.45) is 0 Å². The molecule has 0 radical (unpaired) electrons. The molecule has 0 N–H and O–H groups in total. The zero-order chi connectivity index (χ0) is 31.3. The number of benzene rings is 2. The number of hydrogen-bond donors (Lipinski definition) is 0. The molecule has 1 fully saturated rings. The number of carbonyl (C=O) groups excluding carboxylic acids is 1. The topological polar surface area (TPSA) is 130 Å². The minimum Gasteiger partial charge on any atom is -0.379 e. The first-order valence-electron chi connectivity index (χ1n) is 14.0. The molecule has 0 saturated carbocycles. The van der Waals surface area contributed by atoms with Gasteiger partial charge in [0.25, 0.3) is 0 Å². The number of para-hydroxylation sites is 1. The number of aromatic nitrogens is 2. The van der Waals surface area contributed by atoms with Gasteiger partial charge < -0.3 is 14.0 Å². The van der Waals surface area contributed by atoms with Gasteiger partial charge in [0.2, 0.25) is 15.9 Å². The van der Waals surface area contributed by atoms with Crippen LogP contribution in [0.25, 0.3) is 0 Å². The Bertz CT molecular complexity index is 1800. The Morgan fingerprint density at radius 2 is 1.45 bits per heavy atom. The van der Waals surface area contributed by atoms with Crippen molar-refractivity contribution in [2.75, 3.05) is 38.1 Å². The normalized spacial score (nSPS) is 14.8. The number of piperazine rings is 1. The van der Waals surface area contributed by atoms with Crippen molar-refractivity contribution in [3.05, 3.63) is 109 Å². The molecule has 4 aromatic rings. The lowest BCUT2D eigenvalue weighted by Gasteiger charge is -2.39. The molecule has 1 amide bonds. The summed E-state index contributed by atoms with van der Waals surface area (Å²) in [4.78, 5) is 25.6. The van der Waals surface area contributed by atoms with Crippen LogP contribution in [0, 0.1) is 6.92 Å². The van der Waals surface area contributed by atoms with E-state index in [9.17, 15) is 21.6 Å². The van der Waals surface area contributed by atoms with Crippen LogP contribution in [0.4, 0.5) is 5.69 Å². The Labute approximate surface area is 257 Å². The molecule has 1 aliphatic heterocycles. The lowest BCUT2D eigenvalue weighted by Crippen LogP contribution is -2.56. The van der Waals surface area contributed by atoms with Crippen molar-refractivity contribution >= 4 is 31.7 Å². The Morgan fingerprint density at radius 1 is 0.841 bits per heavy atom. The van der Waals surface area contributed by atoms with Crippen molar-refractivity contribution in [3.63, 3.8) is 0 Å². The van der Waals surface area contributed by atoms with E-state index in [1.807, 2.05) is 25.1 Å². The number of carbonyl (C=O) groups is 1. The quantitative estimate of drug-likeness (QED) is 0.241. The molecule has 0 bridgehead atoms. The second kappa shape index (κ2) is 13.1. The first-order valence-corrected chi connectivity index (χ1v) is 16.8. The monoisotopic (exact) mass is 635 g/mol. The van der Waals surface area contributed by atoms with Gasteiger partial charge in [-0.3, -0.25) is 14.8 Å². The molecular formula is C31H33N5O6S2. The van der Waals surface area contributed by atoms with Gasteiger partial charge in [-0.15, -0.1) is 0 Å². The van der Waals surface area contributed by atoms with E-state index in [2.05, 4.69) is 20.9 Å². The number of nitrogens with zero attached hydrogens (tertiary/aromatic N) is 5. The first kappa shape index (κ1) is 31.1. The molecule has 2 aromatic carbocycles. The van der Waals surface area contributed by atoms with Crippen LogP contribution in [0.15, 0.2) is 107 Å². The summed E-state index contributed by atoms with van der Waals surface area (Å²) in [6, 6.07) is 19.0. The number of rotatable bonds is 10. The summed E-state index contributed by atoms with van der Waals surface area (Å²) in [6.45, 7) is 4.14. The smallest absolute Gasteiger partial charge is 0.340 e. The Balaban J connectivity index is 1.36. The fourth-order valence-electron chi connectivity index (χ4n) is 5.08. The number of pyridine rings is 2. The largest absolute Gasteiger partial charge is 0.379 e. The number of aryl methyl sites for hydroxylation is 1. The molecule has 11 nitrogen and oxygen atoms in total. The van der Waals surface area contributed by atoms with Crippen molar-refractivity contribution in [3.8, 4) is 5.75 Å². The maximum atomic E-state index is 14.0. The van der Waals surface area contributed by atoms with E-state index < -0.39 is 26.2 Å². The maximum Gasteiger partial charge on any atom is 0.340 e. The average molecular weight is 636 g/mol. The van der Waals surface area contributed by atoms with E-state index in [0.29, 0.717) is 31.7 Å². The maximum absolute atomic E-state index is 14.0. The molecule has 44 heavy (non-hydrogen) atoms. The van der Waals surface area contributed by atoms with E-state index >= 15 is 0 Å². The molecule has 1 unspecified atom stereocenters. The van der Waals surface area contributed by atoms with Crippen molar-refractivity contribution in [1.82, 2.24) is 19.2 Å². The molecule has 0 aliphatic carbocycles. The molecular weight excluding hydrogens is 603 g/mol. The second-order valence-corrected chi connectivity index (χ2v) is 13.9. The Hall–Kier alpha value is -4.33. The third-order valence-electron chi connectivity index (χ3n) is 7.56. The summed E-state index contributed by atoms with van der Waals surface area (Å²) in [5.41, 5.74) is 2.88. The van der Waals surface area contributed by atoms with Gasteiger partial charge in [0.05, 0.1) is 0 Å². The summed E-state index contributed by atoms with van der Waals surface area (Å²) in [5, 5.41) is 0. The van der Waals surface area contributed by atoms with Crippen molar-refractivity contribution < 1.29 is 25.8 Å². The summed E-state index contributed by atoms with van der Waals surface area (Å²) in [7, 11) is -6.75. The zero-order valence-corrected chi connectivity index (χ0v) is 26.0. The summed E-state index contributed by atoms with van der Waals surface area (Å²) >= 11 is 0. The highest BCUT2D eigenvalue weighted by Crippen LogP contribution is 2.25. The van der Waals surface area contributed by atoms with Crippen LogP contribution in [0.5, 0.6) is 5.75 Å². The highest BCUT2D eigenvalue weighted by atomic mass is 32.2. The third-order valence-corrected chi connectivity index (χ3v) is 10.6. The highest BCUT2D eigenvalue weighted by Gasteiger charge is 2.36. The number of anilines is 1. The van der Waals surface area contributed by atoms with Crippen LogP contribution in [0.2, 0.25) is 0 Å². The van der Waals surface area contributed by atoms with Crippen LogP contribution < -0.4 is 9.08 Å². The van der Waals surface area contributed by atoms with Crippen molar-refractivity contribution in [2.45, 2.75) is 29.2 Å². The average Bonchev–Trinajstić information content (AvgIpc) is 3.05. The van der Waals surface area contributed by atoms with Crippen LogP contribution in [0.3, 0.4) is 0 Å². The van der Waals surface area contributed by atoms with Crippen LogP contribution in [-0.4, -0.2) is 81.2 Å². The van der Waals surface area contributed by atoms with Gasteiger partial charge in [-0.05, 0) is 66.9 Å². The minimum absolute atomic E-state index is 0.0194. The number of amides is 1. The highest BCUT2D eigenvalue weighted by molar-refractivity contribution is 7.89. The molecule has 1 saturated heterocycles. The first-order chi connectivity index (χ1) is 21.1. The number of sulfonamides is 1. The van der Waals surface area contributed by atoms with E-state index in [1.165, 1.54) is 68.2 Å². The van der Waals surface area contributed by atoms with E-state index in [4.69, 9.17) is 4.18 Å². The fraction of sp³-hybridized carbons (Fsp3) is 0.258. The predicted molar refractivity (Wildman–Crippen MR) is 165 cm³/mol. The molecule has 5 rings (SSSR count). The van der Waals surface area contributed by atoms with Gasteiger partial charge in [-0.2, -0.15) is 12.7 Å². The third kappa shape index (κ3) is 6.90. The number of likely N-dealkylation sites (N-methyl/N-ethyl adjacent to an activating group) is 1. The van der Waals surface area contributed by atoms with Gasteiger partial charge in [0, 0.05) is 63.7 Å². The van der Waals surface area contributed by atoms with Gasteiger partial charge in [0.15, 0.2) is 0 Å². The van der Waals surface area contributed by atoms with E-state index in [1.54, 1.807) is 17.0 Å². The Kier molecular flexibility index (Phi) is 9.28. The van der Waals surface area contributed by atoms with Gasteiger partial charge >= 0.3 is 10.1 Å². The summed E-state index contributed by atoms with van der Waals surface area (Å²) < 4.78 is 58.7. The SMILES string of the molecule is Cc1ccccc1N1CCN(C(=O)C(Cc2ccc(OS(=O)(=O)c3cccnc3)cc2)N(C)S(=O)(=O)c2cccnc2)CC1. The van der Waals surface area contributed by atoms with Crippen LogP contribution in [0.1, 0.15) is 11.1 Å². The lowest BCUT2D eigenvalue weighted by molar-refractivity contribution is -0.135. The summed E-state index contributed by atoms with van der Waals surface area (Å²) in [6.07, 6.45) is 5.44. The fourth-order valence-corrected chi connectivity index (χ4v) is 7.25. The molecule has 2 aromatic heterocycles. The number of hydrogen-bond acceptors (Lipinski definition) is 9. The van der Waals surface area contributed by atoms with Gasteiger partial charge in [-0.25, -0.2) is 8.42 Å². The summed E-state index contributed by atoms with van der Waals surface area (Å²) in [5.74, 6) is -0.243. The molecule has 0 spiro atoms. The predicted octanol–water partition coefficient (Wildman–Crippen LogP) is 3.13. The molecule has 3 heterocycles. The van der Waals surface area contributed by atoms with Crippen molar-refractivity contribution in [1.29, 1.82) is 0 Å². The molecule has 230 valence electrons. The standard InChI is InChI=1S/C31H33N5O6S2/c1-24-7-3-4-10-29(24)35-17-19-36(20-18-35)31(37)30(34(2)43(38,39)27-8-5-15-32-22-27)21-25-11-13-26(14-12-25)42-44(40,41)28-9-6-16-33-23-28/h3-16,22-23,30H,17-21H2,1-2H3. The lowest BCUT2D eigenvalue weighted by atomic mass is 10.0. The van der Waals surface area contributed by atoms with Gasteiger partial charge in [0.1, 0.15) is 21.6 Å². The van der Waals surface area contributed by atoms with Crippen LogP contribution in [-0.2, 0) is 31.4 Å². The molecule has 1 aliphatic rings. The Morgan fingerprint density at radius 3 is 2.05 bits per heavy atom. The minimum atomic E-state index is -4.09. The second-order valence-electron chi connectivity index (χ2n) is 10.4. The van der Waals surface area contributed by atoms with Crippen LogP contribution >= 0.6 is 0 Å². The van der Waals surface area contributed by atoms with Gasteiger partial charge in [-0.1, -0.05) is 30.3 Å². The van der Waals surface area contributed by atoms with E-state index in [0.717, 1.165) is 15.6 Å². The molecule has 1 atom stereocenters. The molecule has 13 heteroatoms. The zero-order valence-electron chi connectivity index (χ0n) is 24.4.